The monoisotopic (exact) mass is 350 g/mol. The second kappa shape index (κ2) is 5.29. The van der Waals surface area contributed by atoms with Gasteiger partial charge in [0.1, 0.15) is 16.8 Å². The lowest BCUT2D eigenvalue weighted by atomic mass is 9.83. The SMILES string of the molecule is CN1C(=O)COc2cc3c(cc21)C(c1cccc2nonc12)CC(=O)N3. The molecule has 1 unspecified atom stereocenters. The maximum Gasteiger partial charge on any atom is 0.264 e. The van der Waals surface area contributed by atoms with Gasteiger partial charge in [0.2, 0.25) is 5.91 Å². The average molecular weight is 350 g/mol. The largest absolute Gasteiger partial charge is 0.481 e. The first-order valence-electron chi connectivity index (χ1n) is 8.20. The van der Waals surface area contributed by atoms with Crippen molar-refractivity contribution in [1.82, 2.24) is 10.3 Å². The van der Waals surface area contributed by atoms with Gasteiger partial charge in [-0.1, -0.05) is 12.1 Å². The molecule has 2 aliphatic heterocycles. The summed E-state index contributed by atoms with van der Waals surface area (Å²) in [5.74, 6) is 0.158. The number of carbonyl (C=O) groups excluding carboxylic acids is 2. The van der Waals surface area contributed by atoms with Crippen LogP contribution in [-0.4, -0.2) is 35.8 Å². The molecule has 1 N–H and O–H groups in total. The molecule has 0 radical (unpaired) electrons. The lowest BCUT2D eigenvalue weighted by molar-refractivity contribution is -0.121. The molecule has 0 spiro atoms. The van der Waals surface area contributed by atoms with Gasteiger partial charge in [-0.2, -0.15) is 0 Å². The normalized spacial score (nSPS) is 19.0. The minimum absolute atomic E-state index is 0.0103. The minimum atomic E-state index is -0.218. The zero-order valence-electron chi connectivity index (χ0n) is 13.9. The zero-order valence-corrected chi connectivity index (χ0v) is 13.9. The van der Waals surface area contributed by atoms with Crippen LogP contribution in [0.2, 0.25) is 0 Å². The number of likely N-dealkylation sites (N-methyl/N-ethyl adjacent to an activating group) is 1. The van der Waals surface area contributed by atoms with Crippen molar-refractivity contribution >= 4 is 34.2 Å². The number of nitrogens with zero attached hydrogens (tertiary/aromatic N) is 3. The minimum Gasteiger partial charge on any atom is -0.481 e. The van der Waals surface area contributed by atoms with Crippen LogP contribution in [0.1, 0.15) is 23.5 Å². The Morgan fingerprint density at radius 1 is 1.19 bits per heavy atom. The summed E-state index contributed by atoms with van der Waals surface area (Å²) < 4.78 is 10.4. The predicted molar refractivity (Wildman–Crippen MR) is 92.2 cm³/mol. The Balaban J connectivity index is 1.72. The van der Waals surface area contributed by atoms with Crippen LogP contribution in [0.5, 0.6) is 5.75 Å². The Kier molecular flexibility index (Phi) is 3.03. The van der Waals surface area contributed by atoms with E-state index in [1.165, 1.54) is 0 Å². The first-order valence-corrected chi connectivity index (χ1v) is 8.20. The number of ether oxygens (including phenoxy) is 1. The van der Waals surface area contributed by atoms with Crippen molar-refractivity contribution in [2.75, 3.05) is 23.9 Å². The number of aromatic nitrogens is 2. The van der Waals surface area contributed by atoms with E-state index in [0.29, 0.717) is 28.2 Å². The Labute approximate surface area is 147 Å². The zero-order chi connectivity index (χ0) is 17.8. The van der Waals surface area contributed by atoms with E-state index in [9.17, 15) is 9.59 Å². The summed E-state index contributed by atoms with van der Waals surface area (Å²) in [6.45, 7) is -0.0103. The number of hydrogen-bond acceptors (Lipinski definition) is 6. The molecular formula is C18H14N4O4. The van der Waals surface area contributed by atoms with Crippen molar-refractivity contribution in [2.45, 2.75) is 12.3 Å². The molecule has 3 heterocycles. The van der Waals surface area contributed by atoms with Crippen LogP contribution in [0.3, 0.4) is 0 Å². The highest BCUT2D eigenvalue weighted by Gasteiger charge is 2.32. The molecule has 2 aliphatic rings. The fraction of sp³-hybridized carbons (Fsp3) is 0.222. The van der Waals surface area contributed by atoms with Crippen molar-refractivity contribution in [3.8, 4) is 5.75 Å². The summed E-state index contributed by atoms with van der Waals surface area (Å²) in [6.07, 6.45) is 0.274. The van der Waals surface area contributed by atoms with Crippen LogP contribution in [0.4, 0.5) is 11.4 Å². The number of rotatable bonds is 1. The van der Waals surface area contributed by atoms with E-state index in [0.717, 1.165) is 11.1 Å². The summed E-state index contributed by atoms with van der Waals surface area (Å²) in [5.41, 5.74) is 4.42. The summed E-state index contributed by atoms with van der Waals surface area (Å²) >= 11 is 0. The Morgan fingerprint density at radius 2 is 2.08 bits per heavy atom. The van der Waals surface area contributed by atoms with Gasteiger partial charge < -0.3 is 15.0 Å². The topological polar surface area (TPSA) is 97.6 Å². The third-order valence-corrected chi connectivity index (χ3v) is 4.95. The fourth-order valence-electron chi connectivity index (χ4n) is 3.61. The molecule has 2 aromatic carbocycles. The molecule has 5 rings (SSSR count). The van der Waals surface area contributed by atoms with Gasteiger partial charge in [0.05, 0.1) is 5.69 Å². The smallest absolute Gasteiger partial charge is 0.264 e. The summed E-state index contributed by atoms with van der Waals surface area (Å²) in [6, 6.07) is 9.28. The number of carbonyl (C=O) groups is 2. The maximum atomic E-state index is 12.3. The summed E-state index contributed by atoms with van der Waals surface area (Å²) in [4.78, 5) is 25.8. The number of benzene rings is 2. The maximum absolute atomic E-state index is 12.3. The molecule has 0 saturated heterocycles. The van der Waals surface area contributed by atoms with Crippen LogP contribution < -0.4 is 15.0 Å². The molecule has 130 valence electrons. The van der Waals surface area contributed by atoms with Gasteiger partial charge in [-0.05, 0) is 33.6 Å². The molecule has 0 saturated carbocycles. The molecule has 0 fully saturated rings. The fourth-order valence-corrected chi connectivity index (χ4v) is 3.61. The van der Waals surface area contributed by atoms with Gasteiger partial charge >= 0.3 is 0 Å². The first-order chi connectivity index (χ1) is 12.6. The van der Waals surface area contributed by atoms with Crippen LogP contribution in [0, 0.1) is 0 Å². The van der Waals surface area contributed by atoms with E-state index in [4.69, 9.17) is 9.37 Å². The van der Waals surface area contributed by atoms with E-state index in [1.807, 2.05) is 24.3 Å². The number of fused-ring (bicyclic) bond motifs is 3. The van der Waals surface area contributed by atoms with Crippen LogP contribution in [-0.2, 0) is 9.59 Å². The quantitative estimate of drug-likeness (QED) is 0.721. The van der Waals surface area contributed by atoms with Gasteiger partial charge in [0.15, 0.2) is 6.61 Å². The highest BCUT2D eigenvalue weighted by molar-refractivity contribution is 6.01. The standard InChI is InChI=1S/C18H14N4O4/c1-22-14-5-11-10(9-3-2-4-12-18(9)21-26-20-12)6-16(23)19-13(11)7-15(14)25-8-17(22)24/h2-5,7,10H,6,8H2,1H3,(H,19,23). The molecule has 2 amide bonds. The molecule has 8 nitrogen and oxygen atoms in total. The van der Waals surface area contributed by atoms with Crippen LogP contribution >= 0.6 is 0 Å². The molecule has 0 bridgehead atoms. The highest BCUT2D eigenvalue weighted by atomic mass is 16.6. The molecule has 0 aliphatic carbocycles. The molecule has 3 aromatic rings. The van der Waals surface area contributed by atoms with E-state index in [-0.39, 0.29) is 30.8 Å². The predicted octanol–water partition coefficient (Wildman–Crippen LogP) is 2.05. The van der Waals surface area contributed by atoms with Crippen molar-refractivity contribution in [3.63, 3.8) is 0 Å². The van der Waals surface area contributed by atoms with Gasteiger partial charge in [-0.25, -0.2) is 4.63 Å². The Hall–Kier alpha value is -3.42. The van der Waals surface area contributed by atoms with E-state index < -0.39 is 0 Å². The van der Waals surface area contributed by atoms with Crippen molar-refractivity contribution in [2.24, 2.45) is 0 Å². The molecule has 26 heavy (non-hydrogen) atoms. The average Bonchev–Trinajstić information content (AvgIpc) is 3.12. The molecule has 8 heteroatoms. The van der Waals surface area contributed by atoms with E-state index >= 15 is 0 Å². The lowest BCUT2D eigenvalue weighted by Gasteiger charge is -2.31. The van der Waals surface area contributed by atoms with Gasteiger partial charge in [-0.15, -0.1) is 0 Å². The Morgan fingerprint density at radius 3 is 2.96 bits per heavy atom. The van der Waals surface area contributed by atoms with Gasteiger partial charge in [0.25, 0.3) is 5.91 Å². The van der Waals surface area contributed by atoms with Crippen LogP contribution in [0.15, 0.2) is 35.0 Å². The van der Waals surface area contributed by atoms with Crippen molar-refractivity contribution in [1.29, 1.82) is 0 Å². The van der Waals surface area contributed by atoms with Crippen LogP contribution in [0.25, 0.3) is 11.0 Å². The first kappa shape index (κ1) is 14.9. The van der Waals surface area contributed by atoms with E-state index in [2.05, 4.69) is 15.6 Å². The number of nitrogens with one attached hydrogen (secondary N) is 1. The summed E-state index contributed by atoms with van der Waals surface area (Å²) in [5, 5.41) is 10.8. The molecular weight excluding hydrogens is 336 g/mol. The third-order valence-electron chi connectivity index (χ3n) is 4.95. The number of amides is 2. The lowest BCUT2D eigenvalue weighted by Crippen LogP contribution is -2.36. The molecule has 1 atom stereocenters. The van der Waals surface area contributed by atoms with E-state index in [1.54, 1.807) is 18.0 Å². The van der Waals surface area contributed by atoms with Crippen molar-refractivity contribution in [3.05, 3.63) is 41.5 Å². The second-order valence-corrected chi connectivity index (χ2v) is 6.43. The van der Waals surface area contributed by atoms with Gasteiger partial charge in [-0.3, -0.25) is 9.59 Å². The highest BCUT2D eigenvalue weighted by Crippen LogP contribution is 2.45. The second-order valence-electron chi connectivity index (χ2n) is 6.43. The Bertz CT molecular complexity index is 1070. The summed E-state index contributed by atoms with van der Waals surface area (Å²) in [7, 11) is 1.72. The molecule has 1 aromatic heterocycles. The van der Waals surface area contributed by atoms with Crippen molar-refractivity contribution < 1.29 is 19.0 Å². The number of anilines is 2. The third kappa shape index (κ3) is 2.08. The van der Waals surface area contributed by atoms with Gasteiger partial charge in [0, 0.05) is 31.1 Å². The number of hydrogen-bond donors (Lipinski definition) is 1.